The number of hydrogen-bond donors (Lipinski definition) is 2. The smallest absolute Gasteiger partial charge is 0.305 e. The summed E-state index contributed by atoms with van der Waals surface area (Å²) >= 11 is 0. The van der Waals surface area contributed by atoms with Gasteiger partial charge in [-0.3, -0.25) is 4.79 Å². The molecule has 104 valence electrons. The summed E-state index contributed by atoms with van der Waals surface area (Å²) in [5, 5.41) is 8.73. The molecule has 0 heterocycles. The van der Waals surface area contributed by atoms with Crippen molar-refractivity contribution in [2.45, 2.75) is 12.5 Å². The highest BCUT2D eigenvalue weighted by molar-refractivity contribution is 5.67. The lowest BCUT2D eigenvalue weighted by atomic mass is 10.0. The van der Waals surface area contributed by atoms with Crippen molar-refractivity contribution < 1.29 is 19.0 Å². The summed E-state index contributed by atoms with van der Waals surface area (Å²) in [6, 6.07) is 11.9. The van der Waals surface area contributed by atoms with Gasteiger partial charge in [0.2, 0.25) is 0 Å². The molecule has 2 aromatic carbocycles. The molecule has 4 nitrogen and oxygen atoms in total. The Bertz CT molecular complexity index is 598. The van der Waals surface area contributed by atoms with E-state index in [0.717, 1.165) is 0 Å². The summed E-state index contributed by atoms with van der Waals surface area (Å²) in [7, 11) is 0. The number of carboxylic acid groups (broad SMARTS) is 1. The minimum absolute atomic E-state index is 0.153. The Morgan fingerprint density at radius 1 is 1.20 bits per heavy atom. The molecule has 1 unspecified atom stereocenters. The lowest BCUT2D eigenvalue weighted by Crippen LogP contribution is -2.14. The van der Waals surface area contributed by atoms with Crippen LogP contribution in [0.25, 0.3) is 0 Å². The lowest BCUT2D eigenvalue weighted by Gasteiger charge is -2.11. The van der Waals surface area contributed by atoms with Gasteiger partial charge in [-0.25, -0.2) is 4.39 Å². The van der Waals surface area contributed by atoms with E-state index in [1.165, 1.54) is 24.3 Å². The first-order valence-corrected chi connectivity index (χ1v) is 6.05. The number of carboxylic acids is 1. The van der Waals surface area contributed by atoms with Crippen molar-refractivity contribution in [1.29, 1.82) is 0 Å². The predicted molar refractivity (Wildman–Crippen MR) is 72.1 cm³/mol. The Labute approximate surface area is 115 Å². The molecule has 2 aromatic rings. The summed E-state index contributed by atoms with van der Waals surface area (Å²) in [6.07, 6.45) is -0.153. The average Bonchev–Trinajstić information content (AvgIpc) is 2.41. The van der Waals surface area contributed by atoms with Crippen molar-refractivity contribution in [2.75, 3.05) is 0 Å². The third-order valence-corrected chi connectivity index (χ3v) is 2.73. The zero-order valence-electron chi connectivity index (χ0n) is 10.6. The predicted octanol–water partition coefficient (Wildman–Crippen LogP) is 3.09. The van der Waals surface area contributed by atoms with E-state index in [2.05, 4.69) is 0 Å². The van der Waals surface area contributed by atoms with E-state index >= 15 is 0 Å². The maximum atomic E-state index is 12.8. The standard InChI is InChI=1S/C15H14FNO3/c16-11-4-6-12(7-5-11)20-13-3-1-2-10(8-13)14(17)9-15(18)19/h1-8,14H,9,17H2,(H,18,19). The molecule has 0 amide bonds. The molecule has 0 radical (unpaired) electrons. The maximum Gasteiger partial charge on any atom is 0.305 e. The van der Waals surface area contributed by atoms with Crippen molar-refractivity contribution >= 4 is 5.97 Å². The average molecular weight is 275 g/mol. The van der Waals surface area contributed by atoms with Crippen LogP contribution < -0.4 is 10.5 Å². The van der Waals surface area contributed by atoms with Gasteiger partial charge in [0.15, 0.2) is 0 Å². The van der Waals surface area contributed by atoms with Crippen LogP contribution in [-0.2, 0) is 4.79 Å². The molecule has 2 rings (SSSR count). The fourth-order valence-electron chi connectivity index (χ4n) is 1.75. The van der Waals surface area contributed by atoms with E-state index in [4.69, 9.17) is 15.6 Å². The molecule has 20 heavy (non-hydrogen) atoms. The number of nitrogens with two attached hydrogens (primary N) is 1. The Morgan fingerprint density at radius 2 is 1.90 bits per heavy atom. The van der Waals surface area contributed by atoms with Gasteiger partial charge in [-0.2, -0.15) is 0 Å². The Balaban J connectivity index is 2.13. The molecule has 0 saturated carbocycles. The fraction of sp³-hybridized carbons (Fsp3) is 0.133. The van der Waals surface area contributed by atoms with Gasteiger partial charge < -0.3 is 15.6 Å². The van der Waals surface area contributed by atoms with Crippen LogP contribution in [-0.4, -0.2) is 11.1 Å². The van der Waals surface area contributed by atoms with Crippen LogP contribution in [0.15, 0.2) is 48.5 Å². The number of halogens is 1. The molecule has 5 heteroatoms. The zero-order chi connectivity index (χ0) is 14.5. The minimum Gasteiger partial charge on any atom is -0.481 e. The summed E-state index contributed by atoms with van der Waals surface area (Å²) < 4.78 is 18.3. The lowest BCUT2D eigenvalue weighted by molar-refractivity contribution is -0.137. The molecular formula is C15H14FNO3. The van der Waals surface area contributed by atoms with Crippen molar-refractivity contribution in [2.24, 2.45) is 5.73 Å². The van der Waals surface area contributed by atoms with E-state index in [1.54, 1.807) is 24.3 Å². The molecule has 0 aliphatic carbocycles. The first-order valence-electron chi connectivity index (χ1n) is 6.05. The number of benzene rings is 2. The zero-order valence-corrected chi connectivity index (χ0v) is 10.6. The Morgan fingerprint density at radius 3 is 2.55 bits per heavy atom. The normalized spacial score (nSPS) is 11.9. The van der Waals surface area contributed by atoms with Gasteiger partial charge in [-0.1, -0.05) is 12.1 Å². The number of carbonyl (C=O) groups is 1. The minimum atomic E-state index is -0.956. The number of aliphatic carboxylic acids is 1. The molecule has 0 bridgehead atoms. The van der Waals surface area contributed by atoms with Gasteiger partial charge in [-0.15, -0.1) is 0 Å². The van der Waals surface area contributed by atoms with Crippen LogP contribution in [0, 0.1) is 5.82 Å². The fourth-order valence-corrected chi connectivity index (χ4v) is 1.75. The van der Waals surface area contributed by atoms with Gasteiger partial charge in [0.1, 0.15) is 17.3 Å². The highest BCUT2D eigenvalue weighted by Gasteiger charge is 2.11. The Hall–Kier alpha value is -2.40. The van der Waals surface area contributed by atoms with E-state index < -0.39 is 12.0 Å². The van der Waals surface area contributed by atoms with E-state index in [0.29, 0.717) is 17.1 Å². The largest absolute Gasteiger partial charge is 0.481 e. The second kappa shape index (κ2) is 6.16. The SMILES string of the molecule is NC(CC(=O)O)c1cccc(Oc2ccc(F)cc2)c1. The van der Waals surface area contributed by atoms with Crippen LogP contribution in [0.1, 0.15) is 18.0 Å². The van der Waals surface area contributed by atoms with Crippen molar-refractivity contribution in [1.82, 2.24) is 0 Å². The maximum absolute atomic E-state index is 12.8. The monoisotopic (exact) mass is 275 g/mol. The van der Waals surface area contributed by atoms with Crippen LogP contribution in [0.5, 0.6) is 11.5 Å². The molecule has 0 aromatic heterocycles. The highest BCUT2D eigenvalue weighted by atomic mass is 19.1. The Kier molecular flexibility index (Phi) is 4.32. The van der Waals surface area contributed by atoms with Gasteiger partial charge >= 0.3 is 5.97 Å². The molecule has 1 atom stereocenters. The van der Waals surface area contributed by atoms with E-state index in [9.17, 15) is 9.18 Å². The molecule has 0 aliphatic rings. The van der Waals surface area contributed by atoms with Crippen LogP contribution >= 0.6 is 0 Å². The summed E-state index contributed by atoms with van der Waals surface area (Å²) in [5.74, 6) is -0.276. The van der Waals surface area contributed by atoms with Crippen molar-refractivity contribution in [3.8, 4) is 11.5 Å². The third kappa shape index (κ3) is 3.80. The summed E-state index contributed by atoms with van der Waals surface area (Å²) in [4.78, 5) is 10.6. The first kappa shape index (κ1) is 14.0. The second-order valence-corrected chi connectivity index (χ2v) is 4.33. The van der Waals surface area contributed by atoms with Crippen LogP contribution in [0.2, 0.25) is 0 Å². The van der Waals surface area contributed by atoms with E-state index in [-0.39, 0.29) is 12.2 Å². The first-order chi connectivity index (χ1) is 9.54. The number of ether oxygens (including phenoxy) is 1. The quantitative estimate of drug-likeness (QED) is 0.879. The van der Waals surface area contributed by atoms with Crippen molar-refractivity contribution in [3.63, 3.8) is 0 Å². The summed E-state index contributed by atoms with van der Waals surface area (Å²) in [5.41, 5.74) is 6.47. The molecule has 0 fully saturated rings. The van der Waals surface area contributed by atoms with Gasteiger partial charge in [0.25, 0.3) is 0 Å². The van der Waals surface area contributed by atoms with E-state index in [1.807, 2.05) is 0 Å². The van der Waals surface area contributed by atoms with Gasteiger partial charge in [0, 0.05) is 6.04 Å². The third-order valence-electron chi connectivity index (χ3n) is 2.73. The number of rotatable bonds is 5. The second-order valence-electron chi connectivity index (χ2n) is 4.33. The molecule has 3 N–H and O–H groups in total. The molecule has 0 spiro atoms. The number of hydrogen-bond acceptors (Lipinski definition) is 3. The van der Waals surface area contributed by atoms with Crippen LogP contribution in [0.3, 0.4) is 0 Å². The highest BCUT2D eigenvalue weighted by Crippen LogP contribution is 2.25. The molecule has 0 saturated heterocycles. The van der Waals surface area contributed by atoms with Gasteiger partial charge in [0.05, 0.1) is 6.42 Å². The molecular weight excluding hydrogens is 261 g/mol. The van der Waals surface area contributed by atoms with Crippen LogP contribution in [0.4, 0.5) is 4.39 Å². The van der Waals surface area contributed by atoms with Crippen molar-refractivity contribution in [3.05, 3.63) is 59.9 Å². The molecule has 0 aliphatic heterocycles. The topological polar surface area (TPSA) is 72.6 Å². The summed E-state index contributed by atoms with van der Waals surface area (Å²) in [6.45, 7) is 0. The van der Waals surface area contributed by atoms with Gasteiger partial charge in [-0.05, 0) is 42.0 Å².